The van der Waals surface area contributed by atoms with Crippen LogP contribution in [0.4, 0.5) is 11.4 Å². The van der Waals surface area contributed by atoms with E-state index < -0.39 is 21.1 Å². The number of likely N-dealkylation sites (N-methyl/N-ethyl adjacent to an activating group) is 1. The Kier molecular flexibility index (Phi) is 7.23. The highest BCUT2D eigenvalue weighted by Crippen LogP contribution is 2.20. The average Bonchev–Trinajstić information content (AvgIpc) is 2.71. The number of nitro groups is 1. The van der Waals surface area contributed by atoms with Crippen molar-refractivity contribution in [3.05, 3.63) is 70.4 Å². The van der Waals surface area contributed by atoms with Crippen LogP contribution in [0.3, 0.4) is 0 Å². The smallest absolute Gasteiger partial charge is 0.270 e. The molecule has 0 saturated heterocycles. The maximum atomic E-state index is 11.2. The third-order valence-electron chi connectivity index (χ3n) is 4.50. The summed E-state index contributed by atoms with van der Waals surface area (Å²) in [5.41, 5.74) is 1.89. The molecule has 170 valence electrons. The number of non-ortho nitro benzene ring substituents is 1. The molecule has 0 radical (unpaired) electrons. The Morgan fingerprint density at radius 1 is 1.19 bits per heavy atom. The summed E-state index contributed by atoms with van der Waals surface area (Å²) in [6.45, 7) is 0.890. The number of anilines is 1. The number of aliphatic hydroxyl groups is 1. The van der Waals surface area contributed by atoms with Crippen molar-refractivity contribution in [2.24, 2.45) is 0 Å². The maximum absolute atomic E-state index is 11.2. The molecular formula is C21H24N4O6S. The molecule has 0 aliphatic carbocycles. The molecule has 10 nitrogen and oxygen atoms in total. The number of aromatic nitrogens is 1. The van der Waals surface area contributed by atoms with Gasteiger partial charge in [0.1, 0.15) is 18.5 Å². The second kappa shape index (κ2) is 9.90. The number of hydrogen-bond donors (Lipinski definition) is 2. The quantitative estimate of drug-likeness (QED) is 0.348. The van der Waals surface area contributed by atoms with E-state index in [1.807, 2.05) is 11.9 Å². The zero-order chi connectivity index (χ0) is 23.3. The molecule has 32 heavy (non-hydrogen) atoms. The van der Waals surface area contributed by atoms with Crippen molar-refractivity contribution in [1.82, 2.24) is 9.88 Å². The normalized spacial score (nSPS) is 12.6. The fourth-order valence-corrected chi connectivity index (χ4v) is 3.70. The molecule has 0 amide bonds. The van der Waals surface area contributed by atoms with Gasteiger partial charge in [-0.1, -0.05) is 6.07 Å². The molecule has 0 bridgehead atoms. The molecule has 0 spiro atoms. The Hall–Kier alpha value is -3.28. The van der Waals surface area contributed by atoms with Crippen LogP contribution in [0.2, 0.25) is 0 Å². The van der Waals surface area contributed by atoms with Gasteiger partial charge in [0.25, 0.3) is 5.69 Å². The van der Waals surface area contributed by atoms with Gasteiger partial charge in [-0.2, -0.15) is 0 Å². The van der Waals surface area contributed by atoms with E-state index in [4.69, 9.17) is 4.74 Å². The van der Waals surface area contributed by atoms with Crippen LogP contribution in [-0.4, -0.2) is 60.9 Å². The number of nitrogens with one attached hydrogen (secondary N) is 1. The van der Waals surface area contributed by atoms with Crippen molar-refractivity contribution in [2.45, 2.75) is 12.6 Å². The van der Waals surface area contributed by atoms with Crippen LogP contribution < -0.4 is 9.46 Å². The van der Waals surface area contributed by atoms with Gasteiger partial charge >= 0.3 is 0 Å². The Morgan fingerprint density at radius 3 is 2.56 bits per heavy atom. The highest BCUT2D eigenvalue weighted by atomic mass is 32.2. The lowest BCUT2D eigenvalue weighted by atomic mass is 10.2. The Morgan fingerprint density at radius 2 is 1.91 bits per heavy atom. The van der Waals surface area contributed by atoms with E-state index >= 15 is 0 Å². The topological polar surface area (TPSA) is 135 Å². The first kappa shape index (κ1) is 23.4. The summed E-state index contributed by atoms with van der Waals surface area (Å²) < 4.78 is 30.4. The van der Waals surface area contributed by atoms with Crippen LogP contribution in [0, 0.1) is 10.1 Å². The predicted octanol–water partition coefficient (Wildman–Crippen LogP) is 2.39. The second-order valence-corrected chi connectivity index (χ2v) is 9.25. The van der Waals surface area contributed by atoms with E-state index in [1.54, 1.807) is 42.5 Å². The summed E-state index contributed by atoms with van der Waals surface area (Å²) >= 11 is 0. The van der Waals surface area contributed by atoms with Crippen molar-refractivity contribution in [1.29, 1.82) is 0 Å². The van der Waals surface area contributed by atoms with Gasteiger partial charge in [-0.05, 0) is 43.4 Å². The van der Waals surface area contributed by atoms with E-state index in [2.05, 4.69) is 9.71 Å². The van der Waals surface area contributed by atoms with Crippen LogP contribution >= 0.6 is 0 Å². The summed E-state index contributed by atoms with van der Waals surface area (Å²) in [7, 11) is -1.50. The average molecular weight is 461 g/mol. The lowest BCUT2D eigenvalue weighted by Crippen LogP contribution is -2.33. The molecule has 3 rings (SSSR count). The highest BCUT2D eigenvalue weighted by molar-refractivity contribution is 7.92. The molecule has 0 saturated carbocycles. The molecule has 11 heteroatoms. The lowest BCUT2D eigenvalue weighted by Gasteiger charge is -2.20. The number of rotatable bonds is 10. The molecule has 1 heterocycles. The minimum Gasteiger partial charge on any atom is -0.491 e. The first-order chi connectivity index (χ1) is 15.1. The molecule has 0 aliphatic rings. The lowest BCUT2D eigenvalue weighted by molar-refractivity contribution is -0.384. The fraction of sp³-hybridized carbons (Fsp3) is 0.286. The van der Waals surface area contributed by atoms with E-state index in [0.29, 0.717) is 35.4 Å². The van der Waals surface area contributed by atoms with E-state index in [1.165, 1.54) is 12.1 Å². The molecule has 3 aromatic rings. The van der Waals surface area contributed by atoms with Crippen LogP contribution in [0.1, 0.15) is 5.69 Å². The number of pyridine rings is 1. The number of fused-ring (bicyclic) bond motifs is 1. The number of ether oxygens (including phenoxy) is 1. The monoisotopic (exact) mass is 460 g/mol. The molecule has 2 aromatic carbocycles. The Balaban J connectivity index is 1.50. The van der Waals surface area contributed by atoms with Crippen LogP contribution in [0.5, 0.6) is 5.75 Å². The Bertz CT molecular complexity index is 1200. The van der Waals surface area contributed by atoms with Crippen molar-refractivity contribution in [3.8, 4) is 5.75 Å². The van der Waals surface area contributed by atoms with Crippen LogP contribution in [0.15, 0.2) is 54.6 Å². The summed E-state index contributed by atoms with van der Waals surface area (Å²) in [5, 5.41) is 21.9. The predicted molar refractivity (Wildman–Crippen MR) is 121 cm³/mol. The SMILES string of the molecule is CN(Cc1ccc2cc([N+](=O)[O-])ccc2n1)CC(O)COc1ccc(NS(C)(=O)=O)cc1. The van der Waals surface area contributed by atoms with Crippen molar-refractivity contribution >= 4 is 32.3 Å². The minimum atomic E-state index is -3.34. The maximum Gasteiger partial charge on any atom is 0.270 e. The fourth-order valence-electron chi connectivity index (χ4n) is 3.14. The number of nitrogens with zero attached hydrogens (tertiary/aromatic N) is 3. The molecule has 0 aliphatic heterocycles. The highest BCUT2D eigenvalue weighted by Gasteiger charge is 2.12. The molecule has 1 aromatic heterocycles. The minimum absolute atomic E-state index is 0.0218. The summed E-state index contributed by atoms with van der Waals surface area (Å²) in [6, 6.07) is 14.5. The number of aliphatic hydroxyl groups excluding tert-OH is 1. The van der Waals surface area contributed by atoms with Gasteiger partial charge in [-0.15, -0.1) is 0 Å². The van der Waals surface area contributed by atoms with Crippen molar-refractivity contribution in [2.75, 3.05) is 31.2 Å². The summed E-state index contributed by atoms with van der Waals surface area (Å²) in [5.74, 6) is 0.510. The van der Waals surface area contributed by atoms with E-state index in [-0.39, 0.29) is 12.3 Å². The summed E-state index contributed by atoms with van der Waals surface area (Å²) in [6.07, 6.45) is 0.320. The standard InChI is InChI=1S/C21H24N4O6S/c1-24(12-17-4-3-15-11-18(25(27)28)7-10-21(15)22-17)13-19(26)14-31-20-8-5-16(6-9-20)23-32(2,29)30/h3-11,19,23,26H,12-14H2,1-2H3. The number of sulfonamides is 1. The van der Waals surface area contributed by atoms with Crippen molar-refractivity contribution < 1.29 is 23.2 Å². The molecule has 0 fully saturated rings. The van der Waals surface area contributed by atoms with Gasteiger partial charge in [0.15, 0.2) is 0 Å². The third kappa shape index (κ3) is 6.87. The van der Waals surface area contributed by atoms with E-state index in [9.17, 15) is 23.6 Å². The first-order valence-electron chi connectivity index (χ1n) is 9.70. The number of benzene rings is 2. The molecular weight excluding hydrogens is 436 g/mol. The summed E-state index contributed by atoms with van der Waals surface area (Å²) in [4.78, 5) is 16.9. The molecule has 1 unspecified atom stereocenters. The van der Waals surface area contributed by atoms with Crippen LogP contribution in [-0.2, 0) is 16.6 Å². The van der Waals surface area contributed by atoms with Crippen LogP contribution in [0.25, 0.3) is 10.9 Å². The Labute approximate surface area is 185 Å². The molecule has 1 atom stereocenters. The van der Waals surface area contributed by atoms with Gasteiger partial charge < -0.3 is 9.84 Å². The first-order valence-corrected chi connectivity index (χ1v) is 11.6. The van der Waals surface area contributed by atoms with Gasteiger partial charge in [0.05, 0.1) is 22.4 Å². The van der Waals surface area contributed by atoms with Gasteiger partial charge in [0, 0.05) is 36.3 Å². The zero-order valence-corrected chi connectivity index (χ0v) is 18.4. The van der Waals surface area contributed by atoms with Gasteiger partial charge in [0.2, 0.25) is 10.0 Å². The van der Waals surface area contributed by atoms with Crippen molar-refractivity contribution in [3.63, 3.8) is 0 Å². The number of nitro benzene ring substituents is 1. The van der Waals surface area contributed by atoms with Gasteiger partial charge in [-0.25, -0.2) is 8.42 Å². The molecule has 2 N–H and O–H groups in total. The largest absolute Gasteiger partial charge is 0.491 e. The number of hydrogen-bond acceptors (Lipinski definition) is 8. The zero-order valence-electron chi connectivity index (χ0n) is 17.6. The van der Waals surface area contributed by atoms with Gasteiger partial charge in [-0.3, -0.25) is 24.7 Å². The third-order valence-corrected chi connectivity index (χ3v) is 5.10. The van der Waals surface area contributed by atoms with E-state index in [0.717, 1.165) is 11.9 Å². The second-order valence-electron chi connectivity index (χ2n) is 7.50.